The maximum absolute atomic E-state index is 14.7. The monoisotopic (exact) mass is 768 g/mol. The molecule has 6 aliphatic rings. The fourth-order valence-electron chi connectivity index (χ4n) is 9.22. The summed E-state index contributed by atoms with van der Waals surface area (Å²) in [6.07, 6.45) is 13.7. The molecule has 12 nitrogen and oxygen atoms in total. The summed E-state index contributed by atoms with van der Waals surface area (Å²) in [4.78, 5) is 16.4. The zero-order valence-electron chi connectivity index (χ0n) is 34.9. The summed E-state index contributed by atoms with van der Waals surface area (Å²) in [5.74, 6) is -3.36. The minimum atomic E-state index is -0.884. The Hall–Kier alpha value is -0.930. The smallest absolute Gasteiger partial charge is 0.226 e. The number of rotatable bonds is 20. The molecule has 0 N–H and O–H groups in total. The average molecular weight is 768 g/mol. The Morgan fingerprint density at radius 3 is 1.17 bits per heavy atom. The van der Waals surface area contributed by atoms with Crippen molar-refractivity contribution in [1.29, 1.82) is 0 Å². The third-order valence-electron chi connectivity index (χ3n) is 11.8. The highest BCUT2D eigenvalue weighted by atomic mass is 16.8. The van der Waals surface area contributed by atoms with Gasteiger partial charge in [-0.05, 0) is 61.8 Å². The van der Waals surface area contributed by atoms with Crippen molar-refractivity contribution in [2.75, 3.05) is 13.2 Å². The van der Waals surface area contributed by atoms with Crippen molar-refractivity contribution >= 4 is 5.91 Å². The van der Waals surface area contributed by atoms with E-state index in [4.69, 9.17) is 47.4 Å². The van der Waals surface area contributed by atoms with Gasteiger partial charge in [0.1, 0.15) is 48.8 Å². The Kier molecular flexibility index (Phi) is 14.2. The number of carbonyl (C=O) groups excluding carboxylic acids is 1. The van der Waals surface area contributed by atoms with Crippen molar-refractivity contribution in [3.63, 3.8) is 0 Å². The van der Waals surface area contributed by atoms with Gasteiger partial charge in [-0.2, -0.15) is 0 Å². The van der Waals surface area contributed by atoms with E-state index >= 15 is 0 Å². The van der Waals surface area contributed by atoms with Gasteiger partial charge in [0.05, 0.1) is 13.2 Å². The summed E-state index contributed by atoms with van der Waals surface area (Å²) in [7, 11) is 0. The lowest BCUT2D eigenvalue weighted by Crippen LogP contribution is -2.56. The molecule has 0 radical (unpaired) electrons. The van der Waals surface area contributed by atoms with Crippen molar-refractivity contribution in [3.8, 4) is 0 Å². The summed E-state index contributed by atoms with van der Waals surface area (Å²) in [6.45, 7) is 18.1. The van der Waals surface area contributed by atoms with Gasteiger partial charge in [-0.1, -0.05) is 96.8 Å². The number of fused-ring (bicyclic) bond motifs is 2. The second-order valence-corrected chi connectivity index (χ2v) is 18.3. The fourth-order valence-corrected chi connectivity index (χ4v) is 9.22. The zero-order valence-corrected chi connectivity index (χ0v) is 34.9. The molecule has 0 aromatic rings. The molecule has 312 valence electrons. The van der Waals surface area contributed by atoms with Gasteiger partial charge in [-0.25, -0.2) is 0 Å². The molecule has 6 aliphatic heterocycles. The third-order valence-corrected chi connectivity index (χ3v) is 11.8. The van der Waals surface area contributed by atoms with E-state index in [1.165, 1.54) is 77.0 Å². The van der Waals surface area contributed by atoms with E-state index in [2.05, 4.69) is 6.92 Å². The highest BCUT2D eigenvalue weighted by Gasteiger charge is 2.66. The van der Waals surface area contributed by atoms with Crippen LogP contribution in [0.15, 0.2) is 0 Å². The number of hydrogen-bond donors (Lipinski definition) is 0. The van der Waals surface area contributed by atoms with Crippen molar-refractivity contribution in [2.45, 2.75) is 249 Å². The van der Waals surface area contributed by atoms with Gasteiger partial charge >= 0.3 is 0 Å². The molecule has 6 heterocycles. The highest BCUT2D eigenvalue weighted by Crippen LogP contribution is 2.48. The van der Waals surface area contributed by atoms with Crippen molar-refractivity contribution in [1.82, 2.24) is 4.90 Å². The van der Waals surface area contributed by atoms with E-state index in [1.54, 1.807) is 4.90 Å². The van der Waals surface area contributed by atoms with Gasteiger partial charge in [-0.15, -0.1) is 0 Å². The molecule has 54 heavy (non-hydrogen) atoms. The first-order valence-corrected chi connectivity index (χ1v) is 21.6. The predicted molar refractivity (Wildman–Crippen MR) is 201 cm³/mol. The maximum Gasteiger partial charge on any atom is 0.226 e. The standard InChI is InChI=1S/C42H73NO11/c1-10-11-12-13-14-15-16-17-18-19-20-21-22-23-24-25-30(44)43(37-35-33(51-41(6,7)53-35)31(47-37)28-26-45-39(2,3)49-28)38-36-34(52-42(8,9)54-36)32(48-38)29-27-46-40(4,5)50-29/h28-29,31-38H,10-27H2,1-9H3/t28-,29-,31-,32-,33+,34+,35+,36+,37+,38+/m1/s1. The molecule has 0 aromatic heterocycles. The summed E-state index contributed by atoms with van der Waals surface area (Å²) in [5, 5.41) is 0. The van der Waals surface area contributed by atoms with Crippen LogP contribution in [-0.4, -0.2) is 108 Å². The number of amides is 1. The molecule has 10 atom stereocenters. The van der Waals surface area contributed by atoms with E-state index in [0.717, 1.165) is 19.3 Å². The Balaban J connectivity index is 1.10. The molecule has 1 amide bonds. The van der Waals surface area contributed by atoms with Crippen LogP contribution in [0.1, 0.15) is 165 Å². The lowest BCUT2D eigenvalue weighted by molar-refractivity contribution is -0.257. The minimum absolute atomic E-state index is 0.0760. The van der Waals surface area contributed by atoms with Crippen LogP contribution in [0.5, 0.6) is 0 Å². The van der Waals surface area contributed by atoms with Crippen LogP contribution in [-0.2, 0) is 52.2 Å². The van der Waals surface area contributed by atoms with Crippen molar-refractivity contribution in [2.24, 2.45) is 0 Å². The van der Waals surface area contributed by atoms with E-state index in [0.29, 0.717) is 19.6 Å². The lowest BCUT2D eigenvalue weighted by atomic mass is 10.0. The topological polar surface area (TPSA) is 113 Å². The summed E-state index contributed by atoms with van der Waals surface area (Å²) >= 11 is 0. The molecule has 0 aliphatic carbocycles. The largest absolute Gasteiger partial charge is 0.348 e. The molecule has 0 bridgehead atoms. The maximum atomic E-state index is 14.7. The summed E-state index contributed by atoms with van der Waals surface area (Å²) in [6, 6.07) is 0. The van der Waals surface area contributed by atoms with E-state index in [9.17, 15) is 4.79 Å². The highest BCUT2D eigenvalue weighted by molar-refractivity contribution is 5.77. The number of ether oxygens (including phenoxy) is 10. The first kappa shape index (κ1) is 42.7. The molecular weight excluding hydrogens is 694 g/mol. The Bertz CT molecular complexity index is 1140. The van der Waals surface area contributed by atoms with Crippen LogP contribution >= 0.6 is 0 Å². The lowest BCUT2D eigenvalue weighted by Gasteiger charge is -2.38. The van der Waals surface area contributed by atoms with E-state index in [-0.39, 0.29) is 5.91 Å². The number of carbonyl (C=O) groups is 1. The molecule has 0 saturated carbocycles. The van der Waals surface area contributed by atoms with Gasteiger partial charge in [-0.3, -0.25) is 9.69 Å². The first-order chi connectivity index (χ1) is 25.6. The SMILES string of the molecule is CCCCCCCCCCCCCCCCCC(=O)N([C@H]1O[C@H]([C@H]2COC(C)(C)O2)[C@@H]2OC(C)(C)O[C@@H]21)[C@H]1O[C@H]([C@H]2COC(C)(C)O2)[C@@H]2OC(C)(C)O[C@@H]21. The van der Waals surface area contributed by atoms with Gasteiger partial charge < -0.3 is 47.4 Å². The number of hydrogen-bond acceptors (Lipinski definition) is 11. The number of nitrogens with zero attached hydrogens (tertiary/aromatic N) is 1. The fraction of sp³-hybridized carbons (Fsp3) is 0.976. The Morgan fingerprint density at radius 1 is 0.463 bits per heavy atom. The van der Waals surface area contributed by atoms with Gasteiger partial charge in [0.2, 0.25) is 5.91 Å². The van der Waals surface area contributed by atoms with E-state index < -0.39 is 84.4 Å². The van der Waals surface area contributed by atoms with Crippen LogP contribution in [0.4, 0.5) is 0 Å². The van der Waals surface area contributed by atoms with Crippen LogP contribution < -0.4 is 0 Å². The van der Waals surface area contributed by atoms with Gasteiger partial charge in [0.25, 0.3) is 0 Å². The summed E-state index contributed by atoms with van der Waals surface area (Å²) in [5.41, 5.74) is 0. The molecule has 0 spiro atoms. The van der Waals surface area contributed by atoms with Crippen LogP contribution in [0.3, 0.4) is 0 Å². The molecule has 6 rings (SSSR count). The Morgan fingerprint density at radius 2 is 0.815 bits per heavy atom. The van der Waals surface area contributed by atoms with Crippen LogP contribution in [0.25, 0.3) is 0 Å². The first-order valence-electron chi connectivity index (χ1n) is 21.6. The second-order valence-electron chi connectivity index (χ2n) is 18.3. The van der Waals surface area contributed by atoms with E-state index in [1.807, 2.05) is 55.4 Å². The Labute approximate surface area is 325 Å². The zero-order chi connectivity index (χ0) is 38.7. The summed E-state index contributed by atoms with van der Waals surface area (Å²) < 4.78 is 64.2. The van der Waals surface area contributed by atoms with Crippen molar-refractivity contribution < 1.29 is 52.2 Å². The van der Waals surface area contributed by atoms with Gasteiger partial charge in [0, 0.05) is 6.42 Å². The minimum Gasteiger partial charge on any atom is -0.348 e. The molecule has 0 aromatic carbocycles. The predicted octanol–water partition coefficient (Wildman–Crippen LogP) is 7.87. The quantitative estimate of drug-likeness (QED) is 0.113. The molecule has 0 unspecified atom stereocenters. The second kappa shape index (κ2) is 17.9. The molecule has 6 fully saturated rings. The molecule has 12 heteroatoms. The third kappa shape index (κ3) is 10.6. The van der Waals surface area contributed by atoms with Gasteiger partial charge in [0.15, 0.2) is 35.6 Å². The van der Waals surface area contributed by atoms with Crippen LogP contribution in [0, 0.1) is 0 Å². The van der Waals surface area contributed by atoms with Crippen molar-refractivity contribution in [3.05, 3.63) is 0 Å². The normalized spacial score (nSPS) is 37.2. The van der Waals surface area contributed by atoms with Crippen LogP contribution in [0.2, 0.25) is 0 Å². The molecule has 6 saturated heterocycles. The molecular formula is C42H73NO11. The number of unbranched alkanes of at least 4 members (excludes halogenated alkanes) is 14. The average Bonchev–Trinajstić information content (AvgIpc) is 3.92.